The maximum atomic E-state index is 12.4. The number of nitrogens with one attached hydrogen (secondary N) is 1. The number of hydrogen-bond acceptors (Lipinski definition) is 2. The monoisotopic (exact) mass is 324 g/mol. The molecular formula is C17H20N6O. The quantitative estimate of drug-likeness (QED) is 0.496. The van der Waals surface area contributed by atoms with Crippen molar-refractivity contribution in [2.24, 2.45) is 27.2 Å². The van der Waals surface area contributed by atoms with Crippen LogP contribution in [0.1, 0.15) is 21.5 Å². The topological polar surface area (TPSA) is 132 Å². The molecule has 7 N–H and O–H groups in total. The number of aliphatic imine (C=N–C) groups is 2. The number of carbonyl (C=O) groups is 1. The summed E-state index contributed by atoms with van der Waals surface area (Å²) in [4.78, 5) is 20.1. The molecule has 0 aliphatic heterocycles. The van der Waals surface area contributed by atoms with Crippen LogP contribution in [0.5, 0.6) is 0 Å². The van der Waals surface area contributed by atoms with Gasteiger partial charge in [0.05, 0.1) is 11.3 Å². The molecule has 7 heteroatoms. The Balaban J connectivity index is 2.16. The van der Waals surface area contributed by atoms with Crippen molar-refractivity contribution in [3.05, 3.63) is 65.2 Å². The molecule has 0 aliphatic rings. The van der Waals surface area contributed by atoms with Gasteiger partial charge in [-0.25, -0.2) is 4.99 Å². The van der Waals surface area contributed by atoms with E-state index in [9.17, 15) is 4.79 Å². The lowest BCUT2D eigenvalue weighted by Gasteiger charge is -2.08. The minimum Gasteiger partial charge on any atom is -0.370 e. The van der Waals surface area contributed by atoms with Crippen LogP contribution in [0.3, 0.4) is 0 Å². The Morgan fingerprint density at radius 1 is 1.08 bits per heavy atom. The van der Waals surface area contributed by atoms with E-state index in [0.717, 1.165) is 11.1 Å². The first-order chi connectivity index (χ1) is 11.5. The molecule has 2 aromatic carbocycles. The zero-order valence-electron chi connectivity index (χ0n) is 13.4. The summed E-state index contributed by atoms with van der Waals surface area (Å²) in [7, 11) is 0. The van der Waals surface area contributed by atoms with E-state index in [1.54, 1.807) is 24.3 Å². The molecular weight excluding hydrogens is 304 g/mol. The smallest absolute Gasteiger partial charge is 0.253 e. The minimum absolute atomic E-state index is 0.117. The van der Waals surface area contributed by atoms with Gasteiger partial charge in [-0.3, -0.25) is 4.79 Å². The van der Waals surface area contributed by atoms with E-state index < -0.39 is 0 Å². The van der Waals surface area contributed by atoms with Crippen molar-refractivity contribution >= 4 is 23.5 Å². The molecule has 2 aromatic rings. The summed E-state index contributed by atoms with van der Waals surface area (Å²) in [6, 6.07) is 14.7. The Morgan fingerprint density at radius 2 is 1.83 bits per heavy atom. The van der Waals surface area contributed by atoms with E-state index in [-0.39, 0.29) is 17.8 Å². The molecule has 24 heavy (non-hydrogen) atoms. The lowest BCUT2D eigenvalue weighted by molar-refractivity contribution is 0.0951. The summed E-state index contributed by atoms with van der Waals surface area (Å²) >= 11 is 0. The van der Waals surface area contributed by atoms with Crippen molar-refractivity contribution in [1.29, 1.82) is 0 Å². The fraction of sp³-hybridized carbons (Fsp3) is 0.118. The van der Waals surface area contributed by atoms with Crippen LogP contribution in [0.4, 0.5) is 5.69 Å². The van der Waals surface area contributed by atoms with Gasteiger partial charge in [0.2, 0.25) is 5.96 Å². The van der Waals surface area contributed by atoms with Gasteiger partial charge in [0.25, 0.3) is 5.91 Å². The van der Waals surface area contributed by atoms with Gasteiger partial charge in [-0.05, 0) is 24.6 Å². The fourth-order valence-electron chi connectivity index (χ4n) is 2.14. The van der Waals surface area contributed by atoms with Gasteiger partial charge < -0.3 is 22.5 Å². The van der Waals surface area contributed by atoms with Gasteiger partial charge in [-0.1, -0.05) is 42.0 Å². The summed E-state index contributed by atoms with van der Waals surface area (Å²) in [5.74, 6) is -0.570. The van der Waals surface area contributed by atoms with Gasteiger partial charge >= 0.3 is 0 Å². The molecule has 0 fully saturated rings. The van der Waals surface area contributed by atoms with E-state index >= 15 is 0 Å². The maximum Gasteiger partial charge on any atom is 0.253 e. The molecule has 0 bridgehead atoms. The SMILES string of the molecule is Cc1cccc(CNC(=O)c2ccccc2N=C(N)N=C(N)N)c1. The van der Waals surface area contributed by atoms with Crippen LogP contribution >= 0.6 is 0 Å². The number of carbonyl (C=O) groups excluding carboxylic acids is 1. The van der Waals surface area contributed by atoms with Gasteiger partial charge in [0.15, 0.2) is 5.96 Å². The summed E-state index contributed by atoms with van der Waals surface area (Å²) in [5.41, 5.74) is 19.1. The van der Waals surface area contributed by atoms with Crippen LogP contribution in [0, 0.1) is 6.92 Å². The number of rotatable bonds is 4. The normalized spacial score (nSPS) is 11.0. The number of hydrogen-bond donors (Lipinski definition) is 4. The van der Waals surface area contributed by atoms with Crippen molar-refractivity contribution in [3.8, 4) is 0 Å². The predicted octanol–water partition coefficient (Wildman–Crippen LogP) is 1.14. The maximum absolute atomic E-state index is 12.4. The Kier molecular flexibility index (Phi) is 5.51. The van der Waals surface area contributed by atoms with Gasteiger partial charge in [0.1, 0.15) is 0 Å². The first kappa shape index (κ1) is 17.0. The van der Waals surface area contributed by atoms with Gasteiger partial charge in [-0.15, -0.1) is 0 Å². The highest BCUT2D eigenvalue weighted by molar-refractivity contribution is 6.01. The lowest BCUT2D eigenvalue weighted by Crippen LogP contribution is -2.26. The van der Waals surface area contributed by atoms with Crippen LogP contribution in [0.2, 0.25) is 0 Å². The number of aryl methyl sites for hydroxylation is 1. The second kappa shape index (κ2) is 7.77. The molecule has 0 unspecified atom stereocenters. The number of nitrogens with two attached hydrogens (primary N) is 3. The van der Waals surface area contributed by atoms with Crippen molar-refractivity contribution in [1.82, 2.24) is 5.32 Å². The Morgan fingerprint density at radius 3 is 2.54 bits per heavy atom. The molecule has 0 heterocycles. The molecule has 0 aromatic heterocycles. The van der Waals surface area contributed by atoms with E-state index in [4.69, 9.17) is 17.2 Å². The molecule has 0 saturated carbocycles. The first-order valence-corrected chi connectivity index (χ1v) is 7.32. The standard InChI is InChI=1S/C17H20N6O/c1-11-5-4-6-12(9-11)10-21-15(24)13-7-2-3-8-14(13)22-17(20)23-16(18)19/h2-9H,10H2,1H3,(H,21,24)(H6,18,19,20,22,23). The van der Waals surface area contributed by atoms with E-state index in [2.05, 4.69) is 15.3 Å². The largest absolute Gasteiger partial charge is 0.370 e. The van der Waals surface area contributed by atoms with Crippen molar-refractivity contribution in [3.63, 3.8) is 0 Å². The molecule has 0 aliphatic carbocycles. The van der Waals surface area contributed by atoms with Gasteiger partial charge in [0, 0.05) is 6.54 Å². The highest BCUT2D eigenvalue weighted by atomic mass is 16.1. The average Bonchev–Trinajstić information content (AvgIpc) is 2.52. The molecule has 2 rings (SSSR count). The number of para-hydroxylation sites is 1. The van der Waals surface area contributed by atoms with E-state index in [0.29, 0.717) is 17.8 Å². The van der Waals surface area contributed by atoms with Crippen LogP contribution < -0.4 is 22.5 Å². The summed E-state index contributed by atoms with van der Waals surface area (Å²) in [6.45, 7) is 2.42. The summed E-state index contributed by atoms with van der Waals surface area (Å²) < 4.78 is 0. The van der Waals surface area contributed by atoms with Crippen LogP contribution in [0.15, 0.2) is 58.5 Å². The third-order valence-corrected chi connectivity index (χ3v) is 3.16. The molecule has 0 saturated heterocycles. The van der Waals surface area contributed by atoms with Crippen molar-refractivity contribution in [2.45, 2.75) is 13.5 Å². The Bertz CT molecular complexity index is 793. The second-order valence-electron chi connectivity index (χ2n) is 5.20. The highest BCUT2D eigenvalue weighted by Gasteiger charge is 2.10. The molecule has 7 nitrogen and oxygen atoms in total. The van der Waals surface area contributed by atoms with Gasteiger partial charge in [-0.2, -0.15) is 4.99 Å². The molecule has 124 valence electrons. The molecule has 0 atom stereocenters. The number of benzene rings is 2. The third-order valence-electron chi connectivity index (χ3n) is 3.16. The predicted molar refractivity (Wildman–Crippen MR) is 95.9 cm³/mol. The number of guanidine groups is 2. The van der Waals surface area contributed by atoms with Crippen molar-refractivity contribution in [2.75, 3.05) is 0 Å². The third kappa shape index (κ3) is 4.84. The van der Waals surface area contributed by atoms with Crippen LogP contribution in [-0.2, 0) is 6.54 Å². The molecule has 0 spiro atoms. The van der Waals surface area contributed by atoms with Crippen LogP contribution in [0.25, 0.3) is 0 Å². The van der Waals surface area contributed by atoms with E-state index in [1.807, 2.05) is 31.2 Å². The number of amides is 1. The summed E-state index contributed by atoms with van der Waals surface area (Å²) in [6.07, 6.45) is 0. The molecule has 0 radical (unpaired) electrons. The minimum atomic E-state index is -0.256. The zero-order chi connectivity index (χ0) is 17.5. The Labute approximate surface area is 140 Å². The summed E-state index contributed by atoms with van der Waals surface area (Å²) in [5, 5.41) is 2.86. The second-order valence-corrected chi connectivity index (χ2v) is 5.20. The number of nitrogens with zero attached hydrogens (tertiary/aromatic N) is 2. The Hall–Kier alpha value is -3.35. The average molecular weight is 324 g/mol. The lowest BCUT2D eigenvalue weighted by atomic mass is 10.1. The van der Waals surface area contributed by atoms with Crippen LogP contribution in [-0.4, -0.2) is 17.8 Å². The van der Waals surface area contributed by atoms with E-state index in [1.165, 1.54) is 0 Å². The highest BCUT2D eigenvalue weighted by Crippen LogP contribution is 2.18. The fourth-order valence-corrected chi connectivity index (χ4v) is 2.14. The first-order valence-electron chi connectivity index (χ1n) is 7.32. The molecule has 1 amide bonds. The zero-order valence-corrected chi connectivity index (χ0v) is 13.4. The van der Waals surface area contributed by atoms with Crippen molar-refractivity contribution < 1.29 is 4.79 Å².